The van der Waals surface area contributed by atoms with E-state index in [-0.39, 0.29) is 19.8 Å². The summed E-state index contributed by atoms with van der Waals surface area (Å²) in [6.07, 6.45) is -29.3. The highest BCUT2D eigenvalue weighted by Gasteiger charge is 2.65. The SMILES string of the molecule is CC(=O)OC1C(=O)OC2C1OC[C@@H](OC(C)=O)[C@@H]2OC(C)=O.CC(=O)OC1C(=O)OC2C1O[C@@H](C)[C@H](OC(C)=O)[C@H]2OC(C)=O.CC(=O)OC1C(=O)O[C@H]2C1OC[C@@H](OC(C)=O)[C@@H]2OC(C)=O.CC(=O)OC1C(=O)O[C@H]2C1O[C@@H](C)[C@H](OC(C)=O)[C@H]2OC(C)=O.CC(=O)OC[C@H]1OC2C(OC(C)=O)C(=O)OC2[C@@H](OC(C)=O)[C@H]1OC(C)=O. The second-order valence-electron chi connectivity index (χ2n) is 26.7. The molecule has 117 heavy (non-hydrogen) atoms. The van der Waals surface area contributed by atoms with Crippen molar-refractivity contribution in [2.75, 3.05) is 19.8 Å². The number of esters is 21. The summed E-state index contributed by atoms with van der Waals surface area (Å²) >= 11 is 0. The smallest absolute Gasteiger partial charge is 0.350 e. The molecule has 0 spiro atoms. The van der Waals surface area contributed by atoms with Crippen molar-refractivity contribution in [2.45, 2.75) is 296 Å². The molecule has 0 aromatic heterocycles. The molecule has 28 atom stereocenters. The largest absolute Gasteiger partial charge is 0.463 e. The number of carbonyl (C=O) groups excluding carboxylic acids is 21. The standard InChI is InChI=1S/C16H20O11.2C14H18O9.2C13H16O9/c1-6(17)22-5-10-11(23-7(2)18)12(24-8(3)19)13-14(26-10)15(16(21)27-13)25-9(4)20;2*1-5-9(20-6(2)15)10(21-7(3)16)11-12(19-5)13(14(18)23-11)22-8(4)17;2*1-5(14)19-8-4-18-10-11(9(8)20-6(2)15)22-13(17)12(10)21-7(3)16/h10-15H,5H2,1-4H3;2*5,9-13H,1-4H3;2*8-12H,4H2,1-3H3/t10-,11+,12+,13?,14?,15?;5-,9-,10+,11?,12?,13?;5-,9-,10+,11+,12?,13?;8-,9+,10?,11?,12?;8-,9+,10?,11-,12?/m10011/s1. The third-order valence-electron chi connectivity index (χ3n) is 17.1. The molecule has 10 aliphatic heterocycles. The molecule has 650 valence electrons. The summed E-state index contributed by atoms with van der Waals surface area (Å²) in [6, 6.07) is 0. The lowest BCUT2D eigenvalue weighted by Gasteiger charge is -2.41. The van der Waals surface area contributed by atoms with Gasteiger partial charge in [-0.25, -0.2) is 24.0 Å². The number of hydrogen-bond acceptors (Lipinski definition) is 47. The van der Waals surface area contributed by atoms with Crippen molar-refractivity contribution in [2.24, 2.45) is 0 Å². The minimum Gasteiger partial charge on any atom is -0.463 e. The average Bonchev–Trinajstić information content (AvgIpc) is 1.66. The van der Waals surface area contributed by atoms with Crippen LogP contribution in [0, 0.1) is 0 Å². The predicted octanol–water partition coefficient (Wildman–Crippen LogP) is -3.76. The van der Waals surface area contributed by atoms with Gasteiger partial charge in [-0.3, -0.25) is 76.7 Å². The van der Waals surface area contributed by atoms with Crippen molar-refractivity contribution < 1.29 is 224 Å². The van der Waals surface area contributed by atoms with E-state index >= 15 is 0 Å². The molecule has 0 aliphatic carbocycles. The Morgan fingerprint density at radius 3 is 0.692 bits per heavy atom. The first-order valence-electron chi connectivity index (χ1n) is 35.5. The van der Waals surface area contributed by atoms with Crippen LogP contribution in [0.15, 0.2) is 0 Å². The quantitative estimate of drug-likeness (QED) is 0.0997. The van der Waals surface area contributed by atoms with E-state index in [0.29, 0.717) is 0 Å². The molecule has 0 aromatic rings. The number of carbonyl (C=O) groups is 21. The van der Waals surface area contributed by atoms with Gasteiger partial charge < -0.3 is 123 Å². The minimum atomic E-state index is -1.40. The molecule has 0 N–H and O–H groups in total. The average molecular weight is 1680 g/mol. The second-order valence-corrected chi connectivity index (χ2v) is 26.7. The molecule has 47 nitrogen and oxygen atoms in total. The van der Waals surface area contributed by atoms with Gasteiger partial charge in [-0.2, -0.15) is 0 Å². The zero-order valence-corrected chi connectivity index (χ0v) is 66.0. The van der Waals surface area contributed by atoms with Crippen LogP contribution in [0.25, 0.3) is 0 Å². The molecule has 0 amide bonds. The van der Waals surface area contributed by atoms with Crippen molar-refractivity contribution >= 4 is 125 Å². The van der Waals surface area contributed by atoms with Crippen LogP contribution in [0.1, 0.15) is 125 Å². The van der Waals surface area contributed by atoms with Crippen LogP contribution in [0.2, 0.25) is 0 Å². The van der Waals surface area contributed by atoms with Crippen molar-refractivity contribution in [1.82, 2.24) is 0 Å². The van der Waals surface area contributed by atoms with E-state index < -0.39 is 296 Å². The Morgan fingerprint density at radius 2 is 0.444 bits per heavy atom. The highest BCUT2D eigenvalue weighted by Crippen LogP contribution is 2.40. The molecular formula is C70H88O47. The molecule has 10 aliphatic rings. The van der Waals surface area contributed by atoms with Crippen LogP contribution < -0.4 is 0 Å². The fourth-order valence-electron chi connectivity index (χ4n) is 13.3. The third kappa shape index (κ3) is 25.6. The van der Waals surface area contributed by atoms with Crippen LogP contribution in [-0.2, 0) is 224 Å². The molecule has 0 bridgehead atoms. The molecular weight excluding hydrogens is 1590 g/mol. The monoisotopic (exact) mass is 1680 g/mol. The van der Waals surface area contributed by atoms with E-state index in [1.165, 1.54) is 62.3 Å². The van der Waals surface area contributed by atoms with Gasteiger partial charge in [0, 0.05) is 111 Å². The summed E-state index contributed by atoms with van der Waals surface area (Å²) in [5.74, 6) is -14.5. The van der Waals surface area contributed by atoms with E-state index in [1.807, 2.05) is 0 Å². The topological polar surface area (TPSA) is 598 Å². The zero-order chi connectivity index (χ0) is 87.8. The second kappa shape index (κ2) is 41.5. The number of ether oxygens (including phenoxy) is 26. The molecule has 47 heteroatoms. The maximum Gasteiger partial charge on any atom is 0.350 e. The number of fused-ring (bicyclic) bond motifs is 5. The summed E-state index contributed by atoms with van der Waals surface area (Å²) in [4.78, 5) is 239. The molecule has 10 rings (SSSR count). The van der Waals surface area contributed by atoms with Gasteiger partial charge in [0.25, 0.3) is 0 Å². The van der Waals surface area contributed by atoms with Gasteiger partial charge in [-0.05, 0) is 13.8 Å². The predicted molar refractivity (Wildman–Crippen MR) is 356 cm³/mol. The van der Waals surface area contributed by atoms with Crippen molar-refractivity contribution in [1.29, 1.82) is 0 Å². The highest BCUT2D eigenvalue weighted by molar-refractivity contribution is 5.85. The molecule has 0 saturated carbocycles. The summed E-state index contributed by atoms with van der Waals surface area (Å²) < 4.78 is 134. The number of rotatable bonds is 17. The summed E-state index contributed by atoms with van der Waals surface area (Å²) in [6.45, 7) is 21.2. The van der Waals surface area contributed by atoms with E-state index in [2.05, 4.69) is 0 Å². The van der Waals surface area contributed by atoms with Crippen LogP contribution in [0.3, 0.4) is 0 Å². The molecule has 10 fully saturated rings. The first-order chi connectivity index (χ1) is 54.6. The Balaban J connectivity index is 0.000000228. The van der Waals surface area contributed by atoms with Gasteiger partial charge in [0.15, 0.2) is 91.6 Å². The fourth-order valence-corrected chi connectivity index (χ4v) is 13.3. The fraction of sp³-hybridized carbons (Fsp3) is 0.700. The van der Waals surface area contributed by atoms with Crippen molar-refractivity contribution in [3.8, 4) is 0 Å². The van der Waals surface area contributed by atoms with E-state index in [1.54, 1.807) is 13.8 Å². The van der Waals surface area contributed by atoms with Crippen LogP contribution in [0.4, 0.5) is 0 Å². The first-order valence-corrected chi connectivity index (χ1v) is 35.5. The Bertz CT molecular complexity index is 3620. The summed E-state index contributed by atoms with van der Waals surface area (Å²) in [5, 5.41) is 0. The highest BCUT2D eigenvalue weighted by atomic mass is 16.7. The Labute approximate surface area is 662 Å². The Hall–Kier alpha value is -11.3. The Morgan fingerprint density at radius 1 is 0.239 bits per heavy atom. The molecule has 10 saturated heterocycles. The van der Waals surface area contributed by atoms with Crippen molar-refractivity contribution in [3.05, 3.63) is 0 Å². The van der Waals surface area contributed by atoms with Gasteiger partial charge >= 0.3 is 125 Å². The van der Waals surface area contributed by atoms with Crippen LogP contribution >= 0.6 is 0 Å². The molecule has 0 aromatic carbocycles. The minimum absolute atomic E-state index is 0.118. The lowest BCUT2D eigenvalue weighted by Crippen LogP contribution is -2.61. The van der Waals surface area contributed by atoms with Crippen molar-refractivity contribution in [3.63, 3.8) is 0 Å². The van der Waals surface area contributed by atoms with E-state index in [9.17, 15) is 101 Å². The summed E-state index contributed by atoms with van der Waals surface area (Å²) in [7, 11) is 0. The maximum atomic E-state index is 12.1. The van der Waals surface area contributed by atoms with Crippen LogP contribution in [-0.4, -0.2) is 316 Å². The number of hydrogen-bond donors (Lipinski definition) is 0. The van der Waals surface area contributed by atoms with Gasteiger partial charge in [0.2, 0.25) is 30.5 Å². The lowest BCUT2D eigenvalue weighted by atomic mass is 9.93. The van der Waals surface area contributed by atoms with Gasteiger partial charge in [0.1, 0.15) is 43.2 Å². The summed E-state index contributed by atoms with van der Waals surface area (Å²) in [5.41, 5.74) is 0. The molecule has 0 radical (unpaired) electrons. The van der Waals surface area contributed by atoms with Gasteiger partial charge in [-0.15, -0.1) is 0 Å². The Kier molecular flexibility index (Phi) is 33.5. The lowest BCUT2D eigenvalue weighted by molar-refractivity contribution is -0.243. The molecule has 13 unspecified atom stereocenters. The normalized spacial score (nSPS) is 34.0. The molecule has 10 heterocycles. The van der Waals surface area contributed by atoms with E-state index in [0.717, 1.165) is 48.5 Å². The van der Waals surface area contributed by atoms with Crippen LogP contribution in [0.5, 0.6) is 0 Å². The first kappa shape index (κ1) is 94.5. The van der Waals surface area contributed by atoms with E-state index in [4.69, 9.17) is 123 Å². The van der Waals surface area contributed by atoms with Gasteiger partial charge in [0.05, 0.1) is 25.4 Å². The third-order valence-corrected chi connectivity index (χ3v) is 17.1. The maximum absolute atomic E-state index is 12.1. The zero-order valence-electron chi connectivity index (χ0n) is 66.0. The van der Waals surface area contributed by atoms with Gasteiger partial charge in [-0.1, -0.05) is 0 Å².